The highest BCUT2D eigenvalue weighted by molar-refractivity contribution is 5.96. The van der Waals surface area contributed by atoms with E-state index in [0.717, 1.165) is 37.1 Å². The Labute approximate surface area is 174 Å². The highest BCUT2D eigenvalue weighted by Gasteiger charge is 2.34. The smallest absolute Gasteiger partial charge is 0.418 e. The molecule has 1 heterocycles. The molecule has 0 aliphatic carbocycles. The average molecular weight is 441 g/mol. The predicted octanol–water partition coefficient (Wildman–Crippen LogP) is 1.35. The lowest BCUT2D eigenvalue weighted by Crippen LogP contribution is -2.43. The Morgan fingerprint density at radius 1 is 1.06 bits per heavy atom. The minimum Gasteiger partial charge on any atom is -0.468 e. The number of halogens is 3. The van der Waals surface area contributed by atoms with E-state index in [-0.39, 0.29) is 5.69 Å². The molecule has 1 aromatic heterocycles. The highest BCUT2D eigenvalue weighted by Crippen LogP contribution is 2.33. The number of esters is 2. The zero-order valence-electron chi connectivity index (χ0n) is 16.7. The van der Waals surface area contributed by atoms with Crippen LogP contribution in [0.4, 0.5) is 13.2 Å². The summed E-state index contributed by atoms with van der Waals surface area (Å²) in [5.74, 6) is -2.95. The summed E-state index contributed by atoms with van der Waals surface area (Å²) in [7, 11) is 2.10. The van der Waals surface area contributed by atoms with Crippen LogP contribution in [0.2, 0.25) is 0 Å². The summed E-state index contributed by atoms with van der Waals surface area (Å²) in [5.41, 5.74) is -3.09. The van der Waals surface area contributed by atoms with Crippen molar-refractivity contribution in [3.05, 3.63) is 57.5 Å². The fourth-order valence-corrected chi connectivity index (χ4v) is 2.63. The molecular formula is C19H18F3N3O6. The van der Waals surface area contributed by atoms with Crippen molar-refractivity contribution < 1.29 is 37.0 Å². The van der Waals surface area contributed by atoms with Crippen molar-refractivity contribution in [2.45, 2.75) is 13.1 Å². The van der Waals surface area contributed by atoms with Crippen molar-refractivity contribution in [3.63, 3.8) is 0 Å². The molecule has 1 amide bonds. The SMILES string of the molecule is COC(=O)CN(CC(=O)OC)C(=O)c1nn(-c2ccccc2C(F)(F)F)c(C)cc1=O. The molecule has 0 bridgehead atoms. The van der Waals surface area contributed by atoms with Crippen molar-refractivity contribution in [2.75, 3.05) is 27.3 Å². The van der Waals surface area contributed by atoms with Gasteiger partial charge in [0, 0.05) is 11.8 Å². The lowest BCUT2D eigenvalue weighted by Gasteiger charge is -2.21. The normalized spacial score (nSPS) is 11.0. The number of hydrogen-bond donors (Lipinski definition) is 0. The van der Waals surface area contributed by atoms with Crippen LogP contribution in [0.1, 0.15) is 21.7 Å². The predicted molar refractivity (Wildman–Crippen MR) is 99.5 cm³/mol. The molecule has 0 unspecified atom stereocenters. The van der Waals surface area contributed by atoms with Gasteiger partial charge in [-0.3, -0.25) is 19.2 Å². The molecule has 0 N–H and O–H groups in total. The van der Waals surface area contributed by atoms with E-state index in [1.807, 2.05) is 0 Å². The van der Waals surface area contributed by atoms with Crippen LogP contribution in [0.25, 0.3) is 5.69 Å². The Kier molecular flexibility index (Phi) is 7.16. The number of amides is 1. The molecule has 12 heteroatoms. The van der Waals surface area contributed by atoms with E-state index in [4.69, 9.17) is 0 Å². The van der Waals surface area contributed by atoms with Gasteiger partial charge in [0.1, 0.15) is 13.1 Å². The van der Waals surface area contributed by atoms with Gasteiger partial charge in [-0.15, -0.1) is 0 Å². The molecule has 1 aromatic carbocycles. The lowest BCUT2D eigenvalue weighted by molar-refractivity contribution is -0.144. The maximum Gasteiger partial charge on any atom is 0.418 e. The Morgan fingerprint density at radius 3 is 2.13 bits per heavy atom. The number of rotatable bonds is 6. The highest BCUT2D eigenvalue weighted by atomic mass is 19.4. The van der Waals surface area contributed by atoms with Gasteiger partial charge in [0.05, 0.1) is 25.5 Å². The van der Waals surface area contributed by atoms with E-state index in [2.05, 4.69) is 14.6 Å². The second-order valence-corrected chi connectivity index (χ2v) is 6.24. The number of ether oxygens (including phenoxy) is 2. The van der Waals surface area contributed by atoms with Crippen molar-refractivity contribution in [1.29, 1.82) is 0 Å². The monoisotopic (exact) mass is 441 g/mol. The summed E-state index contributed by atoms with van der Waals surface area (Å²) in [6, 6.07) is 5.41. The number of aryl methyl sites for hydroxylation is 1. The van der Waals surface area contributed by atoms with Gasteiger partial charge >= 0.3 is 18.1 Å². The van der Waals surface area contributed by atoms with Gasteiger partial charge < -0.3 is 14.4 Å². The van der Waals surface area contributed by atoms with Crippen LogP contribution < -0.4 is 5.43 Å². The van der Waals surface area contributed by atoms with E-state index in [1.165, 1.54) is 19.1 Å². The minimum absolute atomic E-state index is 0.0331. The molecule has 31 heavy (non-hydrogen) atoms. The maximum atomic E-state index is 13.4. The molecule has 0 aliphatic rings. The first-order chi connectivity index (χ1) is 14.5. The number of hydrogen-bond acceptors (Lipinski definition) is 7. The third-order valence-electron chi connectivity index (χ3n) is 4.13. The van der Waals surface area contributed by atoms with E-state index in [9.17, 15) is 32.3 Å². The molecule has 0 aliphatic heterocycles. The van der Waals surface area contributed by atoms with Crippen LogP contribution in [0.3, 0.4) is 0 Å². The van der Waals surface area contributed by atoms with E-state index in [0.29, 0.717) is 4.90 Å². The third-order valence-corrected chi connectivity index (χ3v) is 4.13. The molecule has 0 saturated carbocycles. The molecule has 2 rings (SSSR count). The van der Waals surface area contributed by atoms with Crippen LogP contribution in [0.5, 0.6) is 0 Å². The van der Waals surface area contributed by atoms with Gasteiger partial charge in [0.25, 0.3) is 5.91 Å². The molecule has 166 valence electrons. The fraction of sp³-hybridized carbons (Fsp3) is 0.316. The van der Waals surface area contributed by atoms with Crippen molar-refractivity contribution >= 4 is 17.8 Å². The molecule has 0 saturated heterocycles. The minimum atomic E-state index is -4.72. The van der Waals surface area contributed by atoms with E-state index < -0.39 is 59.5 Å². The third kappa shape index (κ3) is 5.47. The standard InChI is InChI=1S/C19H18F3N3O6/c1-11-8-14(26)17(18(29)24(9-15(27)30-2)10-16(28)31-3)23-25(11)13-7-5-4-6-12(13)19(20,21)22/h4-8H,9-10H2,1-3H3. The second kappa shape index (κ2) is 9.41. The zero-order chi connectivity index (χ0) is 23.3. The van der Waals surface area contributed by atoms with Crippen molar-refractivity contribution in [1.82, 2.24) is 14.7 Å². The Bertz CT molecular complexity index is 1050. The van der Waals surface area contributed by atoms with Gasteiger partial charge in [-0.25, -0.2) is 4.68 Å². The van der Waals surface area contributed by atoms with Crippen LogP contribution in [-0.2, 0) is 25.2 Å². The van der Waals surface area contributed by atoms with Crippen LogP contribution in [0.15, 0.2) is 35.1 Å². The Balaban J connectivity index is 2.60. The second-order valence-electron chi connectivity index (χ2n) is 6.24. The topological polar surface area (TPSA) is 108 Å². The largest absolute Gasteiger partial charge is 0.468 e. The summed E-state index contributed by atoms with van der Waals surface area (Å²) in [5, 5.41) is 3.81. The lowest BCUT2D eigenvalue weighted by atomic mass is 10.1. The van der Waals surface area contributed by atoms with E-state index in [1.54, 1.807) is 0 Å². The molecule has 9 nitrogen and oxygen atoms in total. The molecule has 0 spiro atoms. The number of para-hydroxylation sites is 1. The summed E-state index contributed by atoms with van der Waals surface area (Å²) in [6.07, 6.45) is -4.72. The summed E-state index contributed by atoms with van der Waals surface area (Å²) < 4.78 is 50.0. The van der Waals surface area contributed by atoms with Gasteiger partial charge in [-0.05, 0) is 19.1 Å². The van der Waals surface area contributed by atoms with Gasteiger partial charge in [0.15, 0.2) is 5.69 Å². The first kappa shape index (κ1) is 23.6. The number of carbonyl (C=O) groups excluding carboxylic acids is 3. The average Bonchev–Trinajstić information content (AvgIpc) is 2.72. The Morgan fingerprint density at radius 2 is 1.61 bits per heavy atom. The maximum absolute atomic E-state index is 13.4. The van der Waals surface area contributed by atoms with Crippen LogP contribution in [-0.4, -0.2) is 59.8 Å². The first-order valence-electron chi connectivity index (χ1n) is 8.70. The summed E-state index contributed by atoms with van der Waals surface area (Å²) in [6.45, 7) is -0.0758. The summed E-state index contributed by atoms with van der Waals surface area (Å²) in [4.78, 5) is 49.1. The zero-order valence-corrected chi connectivity index (χ0v) is 16.7. The number of alkyl halides is 3. The van der Waals surface area contributed by atoms with Crippen LogP contribution >= 0.6 is 0 Å². The molecule has 0 radical (unpaired) electrons. The number of carbonyl (C=O) groups is 3. The summed E-state index contributed by atoms with van der Waals surface area (Å²) >= 11 is 0. The molecule has 2 aromatic rings. The quantitative estimate of drug-likeness (QED) is 0.623. The number of methoxy groups -OCH3 is 2. The van der Waals surface area contributed by atoms with Crippen molar-refractivity contribution in [3.8, 4) is 5.69 Å². The van der Waals surface area contributed by atoms with Gasteiger partial charge in [-0.2, -0.15) is 18.3 Å². The van der Waals surface area contributed by atoms with Crippen molar-refractivity contribution in [2.24, 2.45) is 0 Å². The molecular weight excluding hydrogens is 423 g/mol. The number of benzene rings is 1. The number of nitrogens with zero attached hydrogens (tertiary/aromatic N) is 3. The fourth-order valence-electron chi connectivity index (χ4n) is 2.63. The Hall–Kier alpha value is -3.70. The van der Waals surface area contributed by atoms with Gasteiger partial charge in [-0.1, -0.05) is 12.1 Å². The number of aromatic nitrogens is 2. The molecule has 0 fully saturated rings. The molecule has 0 atom stereocenters. The van der Waals surface area contributed by atoms with E-state index >= 15 is 0 Å². The van der Waals surface area contributed by atoms with Crippen LogP contribution in [0, 0.1) is 6.92 Å². The first-order valence-corrected chi connectivity index (χ1v) is 8.70. The van der Waals surface area contributed by atoms with Gasteiger partial charge in [0.2, 0.25) is 5.43 Å².